The number of piperazine rings is 1. The quantitative estimate of drug-likeness (QED) is 0.520. The first-order valence-electron chi connectivity index (χ1n) is 9.47. The monoisotopic (exact) mass is 447 g/mol. The largest absolute Gasteiger partial charge is 0.508 e. The summed E-state index contributed by atoms with van der Waals surface area (Å²) in [5.41, 5.74) is 1.84. The number of carbonyl (C=O) groups is 1. The van der Waals surface area contributed by atoms with Crippen LogP contribution in [-0.2, 0) is 4.79 Å². The fourth-order valence-electron chi connectivity index (χ4n) is 3.30. The molecular formula is C22H23ClFN3O2S. The van der Waals surface area contributed by atoms with Gasteiger partial charge in [-0.2, -0.15) is 0 Å². The van der Waals surface area contributed by atoms with E-state index in [2.05, 4.69) is 17.6 Å². The molecule has 0 bridgehead atoms. The minimum Gasteiger partial charge on any atom is -0.508 e. The number of phenolic OH excluding ortho intramolecular Hbond substituents is 1. The first kappa shape index (κ1) is 22.2. The summed E-state index contributed by atoms with van der Waals surface area (Å²) in [6.45, 7) is 11.8. The number of phenols is 1. The molecule has 0 aromatic heterocycles. The number of allylic oxidation sites excluding steroid dienone is 4. The third-order valence-electron chi connectivity index (χ3n) is 5.06. The second-order valence-electron chi connectivity index (χ2n) is 6.98. The lowest BCUT2D eigenvalue weighted by molar-refractivity contribution is -0.127. The molecule has 8 heteroatoms. The van der Waals surface area contributed by atoms with Crippen molar-refractivity contribution in [3.05, 3.63) is 70.5 Å². The molecule has 1 aromatic carbocycles. The molecule has 0 saturated carbocycles. The van der Waals surface area contributed by atoms with Crippen molar-refractivity contribution in [1.29, 1.82) is 0 Å². The Hall–Kier alpha value is -2.51. The highest BCUT2D eigenvalue weighted by molar-refractivity contribution is 8.01. The molecule has 0 unspecified atom stereocenters. The number of halogens is 2. The van der Waals surface area contributed by atoms with Crippen LogP contribution in [0.4, 0.5) is 4.39 Å². The molecule has 1 aliphatic carbocycles. The van der Waals surface area contributed by atoms with Crippen molar-refractivity contribution >= 4 is 40.7 Å². The highest BCUT2D eigenvalue weighted by Gasteiger charge is 2.24. The van der Waals surface area contributed by atoms with E-state index in [1.807, 2.05) is 11.8 Å². The molecule has 158 valence electrons. The number of aryl methyl sites for hydroxylation is 1. The van der Waals surface area contributed by atoms with E-state index in [9.17, 15) is 9.90 Å². The van der Waals surface area contributed by atoms with Crippen LogP contribution in [0.5, 0.6) is 5.75 Å². The highest BCUT2D eigenvalue weighted by Crippen LogP contribution is 2.38. The Morgan fingerprint density at radius 1 is 1.30 bits per heavy atom. The van der Waals surface area contributed by atoms with E-state index in [4.69, 9.17) is 11.6 Å². The van der Waals surface area contributed by atoms with Gasteiger partial charge in [-0.1, -0.05) is 36.9 Å². The summed E-state index contributed by atoms with van der Waals surface area (Å²) in [6.07, 6.45) is 3.30. The second kappa shape index (κ2) is 9.53. The van der Waals surface area contributed by atoms with Crippen molar-refractivity contribution in [2.45, 2.75) is 13.3 Å². The summed E-state index contributed by atoms with van der Waals surface area (Å²) in [6, 6.07) is 4.77. The molecule has 0 radical (unpaired) electrons. The second-order valence-corrected chi connectivity index (χ2v) is 8.23. The normalized spacial score (nSPS) is 18.5. The van der Waals surface area contributed by atoms with Crippen molar-refractivity contribution in [2.75, 3.05) is 26.2 Å². The summed E-state index contributed by atoms with van der Waals surface area (Å²) < 4.78 is 19.6. The maximum Gasteiger partial charge on any atom is 0.246 e. The molecule has 1 heterocycles. The summed E-state index contributed by atoms with van der Waals surface area (Å²) in [5.74, 6) is -0.542. The van der Waals surface area contributed by atoms with Crippen LogP contribution in [0, 0.1) is 6.92 Å². The maximum absolute atomic E-state index is 15.3. The van der Waals surface area contributed by atoms with Crippen molar-refractivity contribution in [3.63, 3.8) is 0 Å². The van der Waals surface area contributed by atoms with E-state index in [1.54, 1.807) is 23.1 Å². The molecule has 3 rings (SSSR count). The Labute approximate surface area is 185 Å². The topological polar surface area (TPSA) is 56.1 Å². The van der Waals surface area contributed by atoms with Gasteiger partial charge in [0.15, 0.2) is 5.83 Å². The molecule has 5 nitrogen and oxygen atoms in total. The fourth-order valence-corrected chi connectivity index (χ4v) is 4.23. The van der Waals surface area contributed by atoms with Crippen molar-refractivity contribution in [2.24, 2.45) is 4.40 Å². The predicted molar refractivity (Wildman–Crippen MR) is 122 cm³/mol. The Balaban J connectivity index is 1.74. The zero-order valence-corrected chi connectivity index (χ0v) is 18.3. The van der Waals surface area contributed by atoms with Crippen molar-refractivity contribution < 1.29 is 14.3 Å². The van der Waals surface area contributed by atoms with Crippen LogP contribution >= 0.6 is 23.5 Å². The summed E-state index contributed by atoms with van der Waals surface area (Å²) in [7, 11) is 0. The van der Waals surface area contributed by atoms with Crippen LogP contribution in [0.2, 0.25) is 0 Å². The van der Waals surface area contributed by atoms with Crippen LogP contribution in [0.3, 0.4) is 0 Å². The van der Waals surface area contributed by atoms with Crippen LogP contribution < -0.4 is 0 Å². The predicted octanol–water partition coefficient (Wildman–Crippen LogP) is 4.80. The SMILES string of the molecule is C=CC(=O)N1CCN(C(=C)SN=C2CC=C(Cl)C(c3cc(O)ccc3C)=C2F)CC1. The third-order valence-corrected chi connectivity index (χ3v) is 6.18. The minimum absolute atomic E-state index is 0.0428. The molecule has 1 fully saturated rings. The smallest absolute Gasteiger partial charge is 0.246 e. The average molecular weight is 448 g/mol. The summed E-state index contributed by atoms with van der Waals surface area (Å²) >= 11 is 7.41. The van der Waals surface area contributed by atoms with E-state index < -0.39 is 5.83 Å². The van der Waals surface area contributed by atoms with Gasteiger partial charge in [-0.15, -0.1) is 0 Å². The fraction of sp³-hybridized carbons (Fsp3) is 0.273. The number of rotatable bonds is 5. The van der Waals surface area contributed by atoms with Gasteiger partial charge >= 0.3 is 0 Å². The number of carbonyl (C=O) groups excluding carboxylic acids is 1. The lowest BCUT2D eigenvalue weighted by atomic mass is 9.94. The molecule has 0 atom stereocenters. The van der Waals surface area contributed by atoms with Crippen LogP contribution in [0.1, 0.15) is 17.5 Å². The molecule has 1 aromatic rings. The van der Waals surface area contributed by atoms with Gasteiger partial charge in [0, 0.05) is 55.2 Å². The standard InChI is InChI=1S/C22H23ClFN3O2S/c1-4-20(29)27-11-9-26(10-12-27)15(3)30-25-19-8-7-18(23)21(22(19)24)17-13-16(28)6-5-14(17)2/h4-7,13,28H,1,3,8-12H2,2H3. The van der Waals surface area contributed by atoms with Gasteiger partial charge in [-0.3, -0.25) is 4.79 Å². The lowest BCUT2D eigenvalue weighted by Crippen LogP contribution is -2.47. The Morgan fingerprint density at radius 2 is 1.97 bits per heavy atom. The Kier molecular flexibility index (Phi) is 7.05. The number of hydrogen-bond donors (Lipinski definition) is 1. The molecule has 1 N–H and O–H groups in total. The number of benzene rings is 1. The van der Waals surface area contributed by atoms with Crippen LogP contribution in [0.25, 0.3) is 5.57 Å². The van der Waals surface area contributed by atoms with Crippen molar-refractivity contribution in [3.8, 4) is 5.75 Å². The molecular weight excluding hydrogens is 425 g/mol. The Bertz CT molecular complexity index is 979. The third kappa shape index (κ3) is 4.79. The van der Waals surface area contributed by atoms with Gasteiger partial charge in [-0.05, 0) is 36.3 Å². The van der Waals surface area contributed by atoms with Crippen LogP contribution in [-0.4, -0.2) is 52.7 Å². The first-order valence-corrected chi connectivity index (χ1v) is 10.6. The number of nitrogens with zero attached hydrogens (tertiary/aromatic N) is 3. The number of amides is 1. The lowest BCUT2D eigenvalue weighted by Gasteiger charge is -2.35. The van der Waals surface area contributed by atoms with Crippen molar-refractivity contribution in [1.82, 2.24) is 9.80 Å². The molecule has 2 aliphatic rings. The number of aromatic hydroxyl groups is 1. The summed E-state index contributed by atoms with van der Waals surface area (Å²) in [4.78, 5) is 15.4. The molecule has 0 spiro atoms. The maximum atomic E-state index is 15.3. The van der Waals surface area contributed by atoms with Gasteiger partial charge in [0.05, 0.1) is 10.7 Å². The van der Waals surface area contributed by atoms with E-state index in [0.29, 0.717) is 41.8 Å². The van der Waals surface area contributed by atoms with E-state index in [1.165, 1.54) is 12.1 Å². The van der Waals surface area contributed by atoms with Gasteiger partial charge in [0.2, 0.25) is 5.91 Å². The van der Waals surface area contributed by atoms with Gasteiger partial charge < -0.3 is 14.9 Å². The van der Waals surface area contributed by atoms with Gasteiger partial charge in [-0.25, -0.2) is 8.79 Å². The average Bonchev–Trinajstić information content (AvgIpc) is 2.75. The van der Waals surface area contributed by atoms with Gasteiger partial charge in [0.25, 0.3) is 0 Å². The van der Waals surface area contributed by atoms with Crippen LogP contribution in [0.15, 0.2) is 63.8 Å². The molecule has 1 aliphatic heterocycles. The molecule has 1 amide bonds. The summed E-state index contributed by atoms with van der Waals surface area (Å²) in [5, 5.41) is 10.8. The Morgan fingerprint density at radius 3 is 2.63 bits per heavy atom. The zero-order chi connectivity index (χ0) is 21.8. The molecule has 30 heavy (non-hydrogen) atoms. The van der Waals surface area contributed by atoms with E-state index >= 15 is 4.39 Å². The van der Waals surface area contributed by atoms with E-state index in [0.717, 1.165) is 17.5 Å². The highest BCUT2D eigenvalue weighted by atomic mass is 35.5. The number of hydrogen-bond acceptors (Lipinski definition) is 5. The first-order chi connectivity index (χ1) is 14.3. The zero-order valence-electron chi connectivity index (χ0n) is 16.7. The minimum atomic E-state index is -0.502. The molecule has 1 saturated heterocycles. The van der Waals surface area contributed by atoms with E-state index in [-0.39, 0.29) is 29.4 Å². The van der Waals surface area contributed by atoms with Gasteiger partial charge in [0.1, 0.15) is 5.75 Å².